The van der Waals surface area contributed by atoms with E-state index in [0.29, 0.717) is 5.56 Å². The molecule has 0 aromatic heterocycles. The number of hydrogen-bond acceptors (Lipinski definition) is 2. The molecule has 0 atom stereocenters. The normalized spacial score (nSPS) is 11.3. The van der Waals surface area contributed by atoms with Crippen molar-refractivity contribution in [3.63, 3.8) is 0 Å². The van der Waals surface area contributed by atoms with Crippen LogP contribution >= 0.6 is 7.14 Å². The van der Waals surface area contributed by atoms with Gasteiger partial charge in [0.05, 0.1) is 11.6 Å². The highest BCUT2D eigenvalue weighted by molar-refractivity contribution is 7.81. The molecular weight excluding hydrogens is 313 g/mol. The standard InChI is InChI=1S/C21H16NOP/c22-17-19-13-11-18(12-14-19)15-16-24(23,20-7-3-1-4-8-20)21-9-5-2-6-10-21/h1-16H/b16-15+. The SMILES string of the molecule is N#Cc1ccc(/C=C/P(=O)(c2ccccc2)c2ccccc2)cc1. The minimum atomic E-state index is -2.85. The van der Waals surface area contributed by atoms with Gasteiger partial charge in [-0.25, -0.2) is 0 Å². The maximum atomic E-state index is 13.8. The smallest absolute Gasteiger partial charge is 0.164 e. The molecule has 24 heavy (non-hydrogen) atoms. The van der Waals surface area contributed by atoms with Crippen molar-refractivity contribution in [1.82, 2.24) is 0 Å². The van der Waals surface area contributed by atoms with Crippen LogP contribution in [0.2, 0.25) is 0 Å². The first-order chi connectivity index (χ1) is 11.7. The zero-order valence-electron chi connectivity index (χ0n) is 13.0. The van der Waals surface area contributed by atoms with Crippen LogP contribution in [-0.4, -0.2) is 0 Å². The Bertz CT molecular complexity index is 880. The first-order valence-electron chi connectivity index (χ1n) is 7.63. The van der Waals surface area contributed by atoms with E-state index in [1.807, 2.05) is 78.9 Å². The summed E-state index contributed by atoms with van der Waals surface area (Å²) in [6.45, 7) is 0. The molecule has 0 saturated carbocycles. The van der Waals surface area contributed by atoms with Crippen molar-refractivity contribution >= 4 is 23.8 Å². The first kappa shape index (κ1) is 16.0. The highest BCUT2D eigenvalue weighted by Gasteiger charge is 2.23. The Balaban J connectivity index is 2.04. The number of hydrogen-bond donors (Lipinski definition) is 0. The summed E-state index contributed by atoms with van der Waals surface area (Å²) >= 11 is 0. The van der Waals surface area contributed by atoms with Gasteiger partial charge in [0.25, 0.3) is 0 Å². The molecule has 0 bridgehead atoms. The summed E-state index contributed by atoms with van der Waals surface area (Å²) in [6, 6.07) is 28.4. The molecule has 0 spiro atoms. The highest BCUT2D eigenvalue weighted by atomic mass is 31.2. The van der Waals surface area contributed by atoms with Crippen LogP contribution in [0.4, 0.5) is 0 Å². The molecule has 3 rings (SSSR count). The molecule has 0 N–H and O–H groups in total. The lowest BCUT2D eigenvalue weighted by molar-refractivity contribution is 0.592. The Morgan fingerprint density at radius 2 is 1.25 bits per heavy atom. The lowest BCUT2D eigenvalue weighted by Gasteiger charge is -2.15. The molecule has 3 aromatic rings. The maximum Gasteiger partial charge on any atom is 0.164 e. The summed E-state index contributed by atoms with van der Waals surface area (Å²) in [5.41, 5.74) is 1.53. The van der Waals surface area contributed by atoms with Crippen molar-refractivity contribution in [1.29, 1.82) is 5.26 Å². The van der Waals surface area contributed by atoms with Crippen molar-refractivity contribution in [3.8, 4) is 6.07 Å². The van der Waals surface area contributed by atoms with Crippen LogP contribution < -0.4 is 10.6 Å². The van der Waals surface area contributed by atoms with Gasteiger partial charge in [0, 0.05) is 10.6 Å². The van der Waals surface area contributed by atoms with Crippen molar-refractivity contribution in [3.05, 3.63) is 102 Å². The Hall–Kier alpha value is -2.88. The second-order valence-electron chi connectivity index (χ2n) is 5.38. The maximum absolute atomic E-state index is 13.8. The summed E-state index contributed by atoms with van der Waals surface area (Å²) < 4.78 is 13.8. The Kier molecular flexibility index (Phi) is 4.75. The van der Waals surface area contributed by atoms with Crippen molar-refractivity contribution in [2.24, 2.45) is 0 Å². The van der Waals surface area contributed by atoms with Crippen LogP contribution in [0.15, 0.2) is 90.7 Å². The van der Waals surface area contributed by atoms with Gasteiger partial charge in [0.2, 0.25) is 0 Å². The van der Waals surface area contributed by atoms with E-state index < -0.39 is 7.14 Å². The summed E-state index contributed by atoms with van der Waals surface area (Å²) in [4.78, 5) is 0. The molecule has 0 radical (unpaired) electrons. The number of nitriles is 1. The average Bonchev–Trinajstić information content (AvgIpc) is 2.68. The fraction of sp³-hybridized carbons (Fsp3) is 0. The molecule has 0 aliphatic rings. The average molecular weight is 329 g/mol. The molecule has 2 nitrogen and oxygen atoms in total. The van der Waals surface area contributed by atoms with Gasteiger partial charge in [-0.15, -0.1) is 0 Å². The minimum Gasteiger partial charge on any atom is -0.309 e. The van der Waals surface area contributed by atoms with Gasteiger partial charge in [0.15, 0.2) is 7.14 Å². The second kappa shape index (κ2) is 7.13. The van der Waals surface area contributed by atoms with Gasteiger partial charge in [-0.2, -0.15) is 5.26 Å². The third kappa shape index (κ3) is 3.38. The fourth-order valence-electron chi connectivity index (χ4n) is 2.48. The zero-order chi connectivity index (χ0) is 16.8. The van der Waals surface area contributed by atoms with Gasteiger partial charge < -0.3 is 4.57 Å². The van der Waals surface area contributed by atoms with E-state index in [1.165, 1.54) is 0 Å². The molecule has 0 amide bonds. The molecule has 0 aliphatic carbocycles. The molecule has 0 saturated heterocycles. The second-order valence-corrected chi connectivity index (χ2v) is 8.03. The van der Waals surface area contributed by atoms with E-state index in [9.17, 15) is 4.57 Å². The van der Waals surface area contributed by atoms with Gasteiger partial charge >= 0.3 is 0 Å². The number of nitrogens with zero attached hydrogens (tertiary/aromatic N) is 1. The van der Waals surface area contributed by atoms with Crippen LogP contribution in [0, 0.1) is 11.3 Å². The van der Waals surface area contributed by atoms with Gasteiger partial charge in [-0.1, -0.05) is 78.9 Å². The van der Waals surface area contributed by atoms with Crippen molar-refractivity contribution in [2.45, 2.75) is 0 Å². The Morgan fingerprint density at radius 1 is 0.750 bits per heavy atom. The molecule has 3 heteroatoms. The third-order valence-corrected chi connectivity index (χ3v) is 6.50. The van der Waals surface area contributed by atoms with Crippen LogP contribution in [-0.2, 0) is 4.57 Å². The van der Waals surface area contributed by atoms with E-state index in [4.69, 9.17) is 5.26 Å². The number of benzene rings is 3. The lowest BCUT2D eigenvalue weighted by atomic mass is 10.1. The van der Waals surface area contributed by atoms with Crippen LogP contribution in [0.3, 0.4) is 0 Å². The summed E-state index contributed by atoms with van der Waals surface area (Å²) in [5.74, 6) is 1.79. The first-order valence-corrected chi connectivity index (χ1v) is 9.40. The molecule has 3 aromatic carbocycles. The molecule has 0 unspecified atom stereocenters. The van der Waals surface area contributed by atoms with Crippen LogP contribution in [0.1, 0.15) is 11.1 Å². The van der Waals surface area contributed by atoms with E-state index in [1.54, 1.807) is 17.9 Å². The minimum absolute atomic E-state index is 0.612. The van der Waals surface area contributed by atoms with Crippen molar-refractivity contribution in [2.75, 3.05) is 0 Å². The molecule has 0 aliphatic heterocycles. The predicted octanol–water partition coefficient (Wildman–Crippen LogP) is 4.54. The lowest BCUT2D eigenvalue weighted by Crippen LogP contribution is -2.13. The summed E-state index contributed by atoms with van der Waals surface area (Å²) in [7, 11) is -2.85. The monoisotopic (exact) mass is 329 g/mol. The van der Waals surface area contributed by atoms with Crippen molar-refractivity contribution < 1.29 is 4.57 Å². The molecule has 116 valence electrons. The molecule has 0 heterocycles. The van der Waals surface area contributed by atoms with E-state index in [0.717, 1.165) is 16.2 Å². The van der Waals surface area contributed by atoms with Gasteiger partial charge in [-0.3, -0.25) is 0 Å². The van der Waals surface area contributed by atoms with Gasteiger partial charge in [-0.05, 0) is 23.5 Å². The summed E-state index contributed by atoms with van der Waals surface area (Å²) in [5, 5.41) is 10.5. The summed E-state index contributed by atoms with van der Waals surface area (Å²) in [6.07, 6.45) is 1.86. The highest BCUT2D eigenvalue weighted by Crippen LogP contribution is 2.45. The third-order valence-electron chi connectivity index (χ3n) is 3.80. The Labute approximate surface area is 142 Å². The van der Waals surface area contributed by atoms with E-state index in [2.05, 4.69) is 6.07 Å². The van der Waals surface area contributed by atoms with E-state index in [-0.39, 0.29) is 0 Å². The quantitative estimate of drug-likeness (QED) is 0.659. The van der Waals surface area contributed by atoms with Gasteiger partial charge in [0.1, 0.15) is 0 Å². The largest absolute Gasteiger partial charge is 0.309 e. The van der Waals surface area contributed by atoms with E-state index >= 15 is 0 Å². The number of rotatable bonds is 4. The zero-order valence-corrected chi connectivity index (χ0v) is 13.9. The van der Waals surface area contributed by atoms with Crippen LogP contribution in [0.5, 0.6) is 0 Å². The van der Waals surface area contributed by atoms with Crippen LogP contribution in [0.25, 0.3) is 6.08 Å². The molecular formula is C21H16NOP. The molecule has 0 fully saturated rings. The topological polar surface area (TPSA) is 40.9 Å². The fourth-order valence-corrected chi connectivity index (χ4v) is 4.73. The predicted molar refractivity (Wildman–Crippen MR) is 99.9 cm³/mol. The Morgan fingerprint density at radius 3 is 1.71 bits per heavy atom.